The molecule has 3 heteroatoms. The van der Waals surface area contributed by atoms with Crippen LogP contribution in [0.5, 0.6) is 0 Å². The maximum atomic E-state index is 12.1. The SMILES string of the molecule is CC[C@H]1C(=O)N(c2ccccc2C)N=C1C. The predicted octanol–water partition coefficient (Wildman–Crippen LogP) is 2.74. The van der Waals surface area contributed by atoms with Gasteiger partial charge in [-0.1, -0.05) is 25.1 Å². The van der Waals surface area contributed by atoms with Gasteiger partial charge >= 0.3 is 0 Å². The van der Waals surface area contributed by atoms with Gasteiger partial charge < -0.3 is 0 Å². The molecule has 1 aromatic carbocycles. The minimum Gasteiger partial charge on any atom is -0.272 e. The third-order valence-corrected chi connectivity index (χ3v) is 3.02. The van der Waals surface area contributed by atoms with Crippen molar-refractivity contribution in [2.75, 3.05) is 5.01 Å². The molecule has 0 aromatic heterocycles. The molecule has 0 radical (unpaired) electrons. The van der Waals surface area contributed by atoms with Crippen LogP contribution >= 0.6 is 0 Å². The minimum atomic E-state index is -0.0420. The fraction of sp³-hybridized carbons (Fsp3) is 0.385. The molecule has 0 aliphatic carbocycles. The van der Waals surface area contributed by atoms with E-state index in [4.69, 9.17) is 0 Å². The fourth-order valence-corrected chi connectivity index (χ4v) is 2.05. The molecule has 16 heavy (non-hydrogen) atoms. The van der Waals surface area contributed by atoms with Gasteiger partial charge in [-0.2, -0.15) is 10.1 Å². The molecule has 1 heterocycles. The van der Waals surface area contributed by atoms with Crippen molar-refractivity contribution in [2.45, 2.75) is 27.2 Å². The first-order chi connectivity index (χ1) is 7.65. The first kappa shape index (κ1) is 10.9. The van der Waals surface area contributed by atoms with E-state index in [0.29, 0.717) is 0 Å². The molecule has 1 atom stereocenters. The number of anilines is 1. The van der Waals surface area contributed by atoms with Crippen LogP contribution in [-0.2, 0) is 4.79 Å². The standard InChI is InChI=1S/C13H16N2O/c1-4-11-10(3)14-15(13(11)16)12-8-6-5-7-9(12)2/h5-8,11H,4H2,1-3H3/t11-/m1/s1. The van der Waals surface area contributed by atoms with E-state index in [1.807, 2.05) is 45.0 Å². The Kier molecular flexibility index (Phi) is 2.77. The van der Waals surface area contributed by atoms with Crippen LogP contribution < -0.4 is 5.01 Å². The minimum absolute atomic E-state index is 0.0420. The average Bonchev–Trinajstić information content (AvgIpc) is 2.55. The zero-order chi connectivity index (χ0) is 11.7. The Balaban J connectivity index is 2.38. The van der Waals surface area contributed by atoms with E-state index in [9.17, 15) is 4.79 Å². The van der Waals surface area contributed by atoms with Crippen molar-refractivity contribution >= 4 is 17.3 Å². The number of rotatable bonds is 2. The van der Waals surface area contributed by atoms with Crippen LogP contribution in [0.25, 0.3) is 0 Å². The van der Waals surface area contributed by atoms with Gasteiger partial charge in [0.05, 0.1) is 11.6 Å². The monoisotopic (exact) mass is 216 g/mol. The predicted molar refractivity (Wildman–Crippen MR) is 65.6 cm³/mol. The maximum Gasteiger partial charge on any atom is 0.256 e. The van der Waals surface area contributed by atoms with Gasteiger partial charge in [-0.3, -0.25) is 4.79 Å². The Morgan fingerprint density at radius 3 is 2.56 bits per heavy atom. The van der Waals surface area contributed by atoms with Crippen LogP contribution in [0.3, 0.4) is 0 Å². The molecule has 1 aliphatic rings. The van der Waals surface area contributed by atoms with Crippen molar-refractivity contribution < 1.29 is 4.79 Å². The molecule has 1 aliphatic heterocycles. The van der Waals surface area contributed by atoms with Crippen LogP contribution in [0.15, 0.2) is 29.4 Å². The van der Waals surface area contributed by atoms with E-state index in [0.717, 1.165) is 23.4 Å². The lowest BCUT2D eigenvalue weighted by Gasteiger charge is -2.15. The van der Waals surface area contributed by atoms with Gasteiger partial charge in [0.1, 0.15) is 0 Å². The van der Waals surface area contributed by atoms with Gasteiger partial charge in [0, 0.05) is 5.71 Å². The molecule has 0 unspecified atom stereocenters. The largest absolute Gasteiger partial charge is 0.272 e. The van der Waals surface area contributed by atoms with E-state index in [1.54, 1.807) is 5.01 Å². The molecule has 0 spiro atoms. The Morgan fingerprint density at radius 2 is 2.00 bits per heavy atom. The number of carbonyl (C=O) groups is 1. The number of hydrogen-bond donors (Lipinski definition) is 0. The number of amides is 1. The molecule has 0 fully saturated rings. The highest BCUT2D eigenvalue weighted by Gasteiger charge is 2.33. The molecule has 0 N–H and O–H groups in total. The van der Waals surface area contributed by atoms with Gasteiger partial charge in [-0.05, 0) is 31.9 Å². The van der Waals surface area contributed by atoms with Crippen molar-refractivity contribution in [1.82, 2.24) is 0 Å². The lowest BCUT2D eigenvalue weighted by atomic mass is 10.0. The quantitative estimate of drug-likeness (QED) is 0.748. The van der Waals surface area contributed by atoms with Crippen molar-refractivity contribution in [2.24, 2.45) is 11.0 Å². The number of nitrogens with zero attached hydrogens (tertiary/aromatic N) is 2. The second-order valence-corrected chi connectivity index (χ2v) is 4.14. The number of hydrazone groups is 1. The van der Waals surface area contributed by atoms with Crippen LogP contribution in [-0.4, -0.2) is 11.6 Å². The molecule has 84 valence electrons. The summed E-state index contributed by atoms with van der Waals surface area (Å²) >= 11 is 0. The number of hydrogen-bond acceptors (Lipinski definition) is 2. The summed E-state index contributed by atoms with van der Waals surface area (Å²) in [7, 11) is 0. The van der Waals surface area contributed by atoms with Gasteiger partial charge in [-0.15, -0.1) is 0 Å². The fourth-order valence-electron chi connectivity index (χ4n) is 2.05. The number of para-hydroxylation sites is 1. The highest BCUT2D eigenvalue weighted by molar-refractivity contribution is 6.14. The summed E-state index contributed by atoms with van der Waals surface area (Å²) in [6, 6.07) is 7.82. The zero-order valence-corrected chi connectivity index (χ0v) is 9.90. The Hall–Kier alpha value is -1.64. The second kappa shape index (κ2) is 4.08. The van der Waals surface area contributed by atoms with E-state index >= 15 is 0 Å². The van der Waals surface area contributed by atoms with Crippen LogP contribution in [0, 0.1) is 12.8 Å². The second-order valence-electron chi connectivity index (χ2n) is 4.14. The summed E-state index contributed by atoms with van der Waals surface area (Å²) < 4.78 is 0. The van der Waals surface area contributed by atoms with Crippen molar-refractivity contribution in [3.05, 3.63) is 29.8 Å². The smallest absolute Gasteiger partial charge is 0.256 e. The molecule has 0 saturated carbocycles. The Morgan fingerprint density at radius 1 is 1.31 bits per heavy atom. The number of aryl methyl sites for hydroxylation is 1. The summed E-state index contributed by atoms with van der Waals surface area (Å²) in [6.45, 7) is 5.93. The summed E-state index contributed by atoms with van der Waals surface area (Å²) in [5.41, 5.74) is 2.88. The van der Waals surface area contributed by atoms with Crippen LogP contribution in [0.4, 0.5) is 5.69 Å². The third-order valence-electron chi connectivity index (χ3n) is 3.02. The van der Waals surface area contributed by atoms with Gasteiger partial charge in [-0.25, -0.2) is 0 Å². The summed E-state index contributed by atoms with van der Waals surface area (Å²) in [6.07, 6.45) is 0.816. The van der Waals surface area contributed by atoms with Crippen molar-refractivity contribution in [3.8, 4) is 0 Å². The molecule has 1 aromatic rings. The van der Waals surface area contributed by atoms with Crippen molar-refractivity contribution in [1.29, 1.82) is 0 Å². The number of carbonyl (C=O) groups excluding carboxylic acids is 1. The van der Waals surface area contributed by atoms with E-state index in [1.165, 1.54) is 0 Å². The maximum absolute atomic E-state index is 12.1. The lowest BCUT2D eigenvalue weighted by molar-refractivity contribution is -0.119. The first-order valence-electron chi connectivity index (χ1n) is 5.60. The summed E-state index contributed by atoms with van der Waals surface area (Å²) in [5.74, 6) is 0.0499. The molecular formula is C13H16N2O. The summed E-state index contributed by atoms with van der Waals surface area (Å²) in [5, 5.41) is 5.89. The zero-order valence-electron chi connectivity index (χ0n) is 9.90. The molecule has 3 nitrogen and oxygen atoms in total. The van der Waals surface area contributed by atoms with Crippen LogP contribution in [0.1, 0.15) is 25.8 Å². The average molecular weight is 216 g/mol. The molecular weight excluding hydrogens is 200 g/mol. The van der Waals surface area contributed by atoms with Gasteiger partial charge in [0.25, 0.3) is 5.91 Å². The highest BCUT2D eigenvalue weighted by Crippen LogP contribution is 2.27. The number of benzene rings is 1. The normalized spacial score (nSPS) is 20.2. The molecule has 1 amide bonds. The van der Waals surface area contributed by atoms with E-state index in [2.05, 4.69) is 5.10 Å². The highest BCUT2D eigenvalue weighted by atomic mass is 16.2. The van der Waals surface area contributed by atoms with E-state index in [-0.39, 0.29) is 11.8 Å². The topological polar surface area (TPSA) is 32.7 Å². The van der Waals surface area contributed by atoms with Gasteiger partial charge in [0.2, 0.25) is 0 Å². The molecule has 2 rings (SSSR count). The Bertz CT molecular complexity index is 451. The summed E-state index contributed by atoms with van der Waals surface area (Å²) in [4.78, 5) is 12.1. The van der Waals surface area contributed by atoms with Crippen molar-refractivity contribution in [3.63, 3.8) is 0 Å². The van der Waals surface area contributed by atoms with Crippen LogP contribution in [0.2, 0.25) is 0 Å². The Labute approximate surface area is 95.8 Å². The third kappa shape index (κ3) is 1.62. The molecule has 0 bridgehead atoms. The lowest BCUT2D eigenvalue weighted by Crippen LogP contribution is -2.27. The first-order valence-corrected chi connectivity index (χ1v) is 5.60. The molecule has 0 saturated heterocycles. The van der Waals surface area contributed by atoms with E-state index < -0.39 is 0 Å². The van der Waals surface area contributed by atoms with Gasteiger partial charge in [0.15, 0.2) is 0 Å².